The van der Waals surface area contributed by atoms with Crippen molar-refractivity contribution >= 4 is 18.4 Å². The monoisotopic (exact) mass is 244 g/mol. The molecule has 5 nitrogen and oxygen atoms in total. The molecule has 1 amide bonds. The molecule has 92 valence electrons. The van der Waals surface area contributed by atoms with Crippen LogP contribution in [0.2, 0.25) is 0 Å². The average molecular weight is 244 g/mol. The number of nitrogens with zero attached hydrogens (tertiary/aromatic N) is 4. The van der Waals surface area contributed by atoms with Gasteiger partial charge in [0.2, 0.25) is 6.41 Å². The largest absolute Gasteiger partial charge is 0.351 e. The third kappa shape index (κ3) is 5.75. The van der Waals surface area contributed by atoms with E-state index in [1.807, 2.05) is 6.26 Å². The Hall–Kier alpha value is -1.04. The number of rotatable bonds is 2. The van der Waals surface area contributed by atoms with E-state index in [9.17, 15) is 4.79 Å². The molecule has 0 unspecified atom stereocenters. The van der Waals surface area contributed by atoms with Gasteiger partial charge in [0.1, 0.15) is 6.33 Å². The Balaban J connectivity index is 0.000000385. The molecule has 1 aromatic rings. The smallest absolute Gasteiger partial charge is 0.209 e. The molecule has 0 spiro atoms. The van der Waals surface area contributed by atoms with E-state index in [2.05, 4.69) is 30.9 Å². The van der Waals surface area contributed by atoms with Gasteiger partial charge in [0.05, 0.1) is 0 Å². The first-order chi connectivity index (χ1) is 7.31. The van der Waals surface area contributed by atoms with Gasteiger partial charge in [-0.25, -0.2) is 4.98 Å². The second kappa shape index (κ2) is 6.52. The normalized spacial score (nSPS) is 10.4. The van der Waals surface area contributed by atoms with Crippen molar-refractivity contribution < 1.29 is 4.79 Å². The molecule has 0 radical (unpaired) electrons. The summed E-state index contributed by atoms with van der Waals surface area (Å²) in [6, 6.07) is 0. The molecule has 6 heteroatoms. The highest BCUT2D eigenvalue weighted by Crippen LogP contribution is 2.17. The van der Waals surface area contributed by atoms with Crippen molar-refractivity contribution in [3.8, 4) is 0 Å². The summed E-state index contributed by atoms with van der Waals surface area (Å²) < 4.78 is 1.76. The average Bonchev–Trinajstić information content (AvgIpc) is 2.66. The van der Waals surface area contributed by atoms with Crippen molar-refractivity contribution in [1.82, 2.24) is 19.1 Å². The lowest BCUT2D eigenvalue weighted by molar-refractivity contribution is -0.115. The summed E-state index contributed by atoms with van der Waals surface area (Å²) in [6.45, 7) is 6.31. The Labute approximate surface area is 101 Å². The SMILES string of the molecule is CN(C)C=O.CSn1cnc(C(C)(C)C)n1. The first-order valence-electron chi connectivity index (χ1n) is 4.89. The summed E-state index contributed by atoms with van der Waals surface area (Å²) in [5, 5.41) is 4.27. The second-order valence-corrected chi connectivity index (χ2v) is 5.21. The number of amides is 1. The molecule has 0 atom stereocenters. The van der Waals surface area contributed by atoms with Crippen LogP contribution in [0.3, 0.4) is 0 Å². The van der Waals surface area contributed by atoms with Crippen LogP contribution < -0.4 is 0 Å². The van der Waals surface area contributed by atoms with Crippen molar-refractivity contribution in [3.63, 3.8) is 0 Å². The maximum absolute atomic E-state index is 9.43. The Morgan fingerprint density at radius 3 is 2.12 bits per heavy atom. The van der Waals surface area contributed by atoms with Gasteiger partial charge in [-0.05, 0) is 11.9 Å². The molecule has 0 bridgehead atoms. The zero-order valence-electron chi connectivity index (χ0n) is 10.8. The van der Waals surface area contributed by atoms with Crippen molar-refractivity contribution in [2.75, 3.05) is 20.4 Å². The van der Waals surface area contributed by atoms with Gasteiger partial charge in [0, 0.05) is 25.8 Å². The molecule has 0 aliphatic rings. The highest BCUT2D eigenvalue weighted by atomic mass is 32.2. The topological polar surface area (TPSA) is 51.0 Å². The van der Waals surface area contributed by atoms with Crippen molar-refractivity contribution in [2.45, 2.75) is 26.2 Å². The molecular weight excluding hydrogens is 224 g/mol. The third-order valence-electron chi connectivity index (χ3n) is 1.54. The summed E-state index contributed by atoms with van der Waals surface area (Å²) in [4.78, 5) is 15.1. The van der Waals surface area contributed by atoms with Crippen molar-refractivity contribution in [3.05, 3.63) is 12.2 Å². The first-order valence-corrected chi connectivity index (χ1v) is 6.07. The van der Waals surface area contributed by atoms with E-state index in [1.54, 1.807) is 36.5 Å². The molecule has 1 heterocycles. The van der Waals surface area contributed by atoms with Crippen LogP contribution in [0.1, 0.15) is 26.6 Å². The molecule has 0 aliphatic carbocycles. The predicted octanol–water partition coefficient (Wildman–Crippen LogP) is 1.41. The minimum absolute atomic E-state index is 0.0565. The lowest BCUT2D eigenvalue weighted by Gasteiger charge is -2.11. The number of carbonyl (C=O) groups excluding carboxylic acids is 1. The zero-order chi connectivity index (χ0) is 12.8. The summed E-state index contributed by atoms with van der Waals surface area (Å²) in [6.07, 6.45) is 4.46. The van der Waals surface area contributed by atoms with Gasteiger partial charge in [-0.2, -0.15) is 4.09 Å². The summed E-state index contributed by atoms with van der Waals surface area (Å²) in [5.41, 5.74) is 0.0565. The van der Waals surface area contributed by atoms with E-state index in [0.717, 1.165) is 12.2 Å². The molecule has 0 aromatic carbocycles. The quantitative estimate of drug-likeness (QED) is 0.738. The van der Waals surface area contributed by atoms with Crippen LogP contribution >= 0.6 is 11.9 Å². The van der Waals surface area contributed by atoms with Crippen LogP contribution in [0.15, 0.2) is 6.33 Å². The first kappa shape index (κ1) is 15.0. The summed E-state index contributed by atoms with van der Waals surface area (Å²) in [5.74, 6) is 0.895. The van der Waals surface area contributed by atoms with E-state index >= 15 is 0 Å². The van der Waals surface area contributed by atoms with Crippen molar-refractivity contribution in [2.24, 2.45) is 0 Å². The number of aromatic nitrogens is 3. The summed E-state index contributed by atoms with van der Waals surface area (Å²) in [7, 11) is 3.38. The van der Waals surface area contributed by atoms with Crippen LogP contribution in [-0.4, -0.2) is 45.8 Å². The van der Waals surface area contributed by atoms with Gasteiger partial charge in [0.15, 0.2) is 5.82 Å². The van der Waals surface area contributed by atoms with Gasteiger partial charge in [-0.3, -0.25) is 4.79 Å². The fraction of sp³-hybridized carbons (Fsp3) is 0.700. The van der Waals surface area contributed by atoms with E-state index in [-0.39, 0.29) is 5.41 Å². The molecule has 0 fully saturated rings. The Morgan fingerprint density at radius 2 is 1.94 bits per heavy atom. The number of hydrogen-bond donors (Lipinski definition) is 0. The van der Waals surface area contributed by atoms with Gasteiger partial charge < -0.3 is 4.90 Å². The lowest BCUT2D eigenvalue weighted by atomic mass is 9.96. The van der Waals surface area contributed by atoms with Crippen LogP contribution in [0.5, 0.6) is 0 Å². The van der Waals surface area contributed by atoms with Gasteiger partial charge >= 0.3 is 0 Å². The van der Waals surface area contributed by atoms with Gasteiger partial charge in [-0.1, -0.05) is 20.8 Å². The molecule has 0 saturated carbocycles. The summed E-state index contributed by atoms with van der Waals surface area (Å²) >= 11 is 1.55. The highest BCUT2D eigenvalue weighted by molar-refractivity contribution is 7.97. The predicted molar refractivity (Wildman–Crippen MR) is 67.4 cm³/mol. The second-order valence-electron chi connectivity index (χ2n) is 4.47. The van der Waals surface area contributed by atoms with E-state index in [0.29, 0.717) is 0 Å². The van der Waals surface area contributed by atoms with Crippen LogP contribution in [0.4, 0.5) is 0 Å². The minimum atomic E-state index is 0.0565. The zero-order valence-corrected chi connectivity index (χ0v) is 11.6. The molecule has 0 N–H and O–H groups in total. The van der Waals surface area contributed by atoms with Gasteiger partial charge in [0.25, 0.3) is 0 Å². The number of hydrogen-bond acceptors (Lipinski definition) is 4. The van der Waals surface area contributed by atoms with E-state index < -0.39 is 0 Å². The van der Waals surface area contributed by atoms with Crippen molar-refractivity contribution in [1.29, 1.82) is 0 Å². The fourth-order valence-corrected chi connectivity index (χ4v) is 0.981. The third-order valence-corrected chi connectivity index (χ3v) is 2.09. The molecule has 16 heavy (non-hydrogen) atoms. The Morgan fingerprint density at radius 1 is 1.44 bits per heavy atom. The highest BCUT2D eigenvalue weighted by Gasteiger charge is 2.18. The van der Waals surface area contributed by atoms with Crippen LogP contribution in [0, 0.1) is 0 Å². The Kier molecular flexibility index (Phi) is 6.10. The molecule has 1 rings (SSSR count). The maximum Gasteiger partial charge on any atom is 0.209 e. The molecule has 0 aliphatic heterocycles. The lowest BCUT2D eigenvalue weighted by Crippen LogP contribution is -2.13. The van der Waals surface area contributed by atoms with Crippen LogP contribution in [-0.2, 0) is 10.2 Å². The maximum atomic E-state index is 9.43. The van der Waals surface area contributed by atoms with E-state index in [4.69, 9.17) is 0 Å². The van der Waals surface area contributed by atoms with E-state index in [1.165, 1.54) is 4.90 Å². The molecule has 0 saturated heterocycles. The molecule has 1 aromatic heterocycles. The van der Waals surface area contributed by atoms with Gasteiger partial charge in [-0.15, -0.1) is 5.10 Å². The standard InChI is InChI=1S/C7H13N3S.C3H7NO/c1-7(2,3)6-8-5-10(9-6)11-4;1-4(2)3-5/h5H,1-4H3;3H,1-2H3. The minimum Gasteiger partial charge on any atom is -0.351 e. The molecular formula is C10H20N4OS. The fourth-order valence-electron chi connectivity index (χ4n) is 0.681. The number of carbonyl (C=O) groups is 1. The Bertz CT molecular complexity index is 317. The van der Waals surface area contributed by atoms with Crippen LogP contribution in [0.25, 0.3) is 0 Å².